The molecule has 0 atom stereocenters. The molecule has 2 aromatic carbocycles. The Hall–Kier alpha value is -3.03. The quantitative estimate of drug-likeness (QED) is 0.737. The number of H-pyrrole nitrogens is 1. The topological polar surface area (TPSA) is 64.2 Å². The zero-order valence-electron chi connectivity index (χ0n) is 12.3. The minimum absolute atomic E-state index is 0.171. The molecule has 5 nitrogen and oxygen atoms in total. The van der Waals surface area contributed by atoms with Crippen molar-refractivity contribution in [2.75, 3.05) is 7.11 Å². The highest BCUT2D eigenvalue weighted by atomic mass is 19.4. The molecule has 0 saturated carbocycles. The van der Waals surface area contributed by atoms with Crippen LogP contribution >= 0.6 is 0 Å². The smallest absolute Gasteiger partial charge is 0.465 e. The Balaban J connectivity index is 2.18. The third kappa shape index (κ3) is 3.03. The Morgan fingerprint density at radius 2 is 1.96 bits per heavy atom. The summed E-state index contributed by atoms with van der Waals surface area (Å²) >= 11 is 0. The Bertz CT molecular complexity index is 903. The number of rotatable bonds is 3. The lowest BCUT2D eigenvalue weighted by Gasteiger charge is -2.14. The Morgan fingerprint density at radius 3 is 2.67 bits per heavy atom. The third-order valence-electron chi connectivity index (χ3n) is 3.38. The van der Waals surface area contributed by atoms with Gasteiger partial charge < -0.3 is 9.47 Å². The number of aromatic nitrogens is 2. The first-order valence-corrected chi connectivity index (χ1v) is 6.79. The van der Waals surface area contributed by atoms with Crippen LogP contribution in [0.4, 0.5) is 13.2 Å². The summed E-state index contributed by atoms with van der Waals surface area (Å²) in [6, 6.07) is 8.75. The molecule has 0 aliphatic rings. The Morgan fingerprint density at radius 1 is 1.21 bits per heavy atom. The van der Waals surface area contributed by atoms with Crippen molar-refractivity contribution in [1.82, 2.24) is 10.2 Å². The highest BCUT2D eigenvalue weighted by molar-refractivity contribution is 6.04. The SMILES string of the molecule is COC(=O)c1cc(-c2ccccc2OC(F)(F)F)cc2cn[nH]c12. The van der Waals surface area contributed by atoms with E-state index in [9.17, 15) is 18.0 Å². The standard InChI is InChI=1S/C16H11F3N2O3/c1-23-15(22)12-7-9(6-10-8-20-21-14(10)12)11-4-2-3-5-13(11)24-16(17,18)19/h2-8H,1H3,(H,20,21). The van der Waals surface area contributed by atoms with Gasteiger partial charge >= 0.3 is 12.3 Å². The summed E-state index contributed by atoms with van der Waals surface area (Å²) < 4.78 is 46.6. The van der Waals surface area contributed by atoms with Crippen LogP contribution in [-0.4, -0.2) is 29.6 Å². The van der Waals surface area contributed by atoms with E-state index < -0.39 is 12.3 Å². The molecular formula is C16H11F3N2O3. The number of esters is 1. The predicted octanol–water partition coefficient (Wildman–Crippen LogP) is 3.92. The first-order chi connectivity index (χ1) is 11.4. The molecule has 124 valence electrons. The zero-order valence-corrected chi connectivity index (χ0v) is 12.3. The van der Waals surface area contributed by atoms with E-state index in [1.54, 1.807) is 12.1 Å². The van der Waals surface area contributed by atoms with Gasteiger partial charge in [-0.1, -0.05) is 18.2 Å². The van der Waals surface area contributed by atoms with E-state index in [4.69, 9.17) is 4.74 Å². The fraction of sp³-hybridized carbons (Fsp3) is 0.125. The number of para-hydroxylation sites is 1. The molecule has 0 radical (unpaired) electrons. The van der Waals surface area contributed by atoms with Crippen LogP contribution < -0.4 is 4.74 Å². The molecule has 8 heteroatoms. The van der Waals surface area contributed by atoms with Crippen molar-refractivity contribution < 1.29 is 27.4 Å². The lowest BCUT2D eigenvalue weighted by molar-refractivity contribution is -0.274. The zero-order chi connectivity index (χ0) is 17.3. The van der Waals surface area contributed by atoms with Crippen LogP contribution in [0, 0.1) is 0 Å². The van der Waals surface area contributed by atoms with Crippen LogP contribution in [0.15, 0.2) is 42.6 Å². The van der Waals surface area contributed by atoms with Crippen molar-refractivity contribution in [2.24, 2.45) is 0 Å². The molecule has 3 aromatic rings. The van der Waals surface area contributed by atoms with E-state index >= 15 is 0 Å². The van der Waals surface area contributed by atoms with Crippen LogP contribution in [-0.2, 0) is 4.74 Å². The van der Waals surface area contributed by atoms with Crippen molar-refractivity contribution in [2.45, 2.75) is 6.36 Å². The van der Waals surface area contributed by atoms with E-state index in [1.165, 1.54) is 37.6 Å². The van der Waals surface area contributed by atoms with Crippen LogP contribution in [0.5, 0.6) is 5.75 Å². The predicted molar refractivity (Wildman–Crippen MR) is 79.6 cm³/mol. The van der Waals surface area contributed by atoms with Crippen LogP contribution in [0.1, 0.15) is 10.4 Å². The number of ether oxygens (including phenoxy) is 2. The Kier molecular flexibility index (Phi) is 3.88. The van der Waals surface area contributed by atoms with E-state index in [0.717, 1.165) is 0 Å². The number of nitrogens with one attached hydrogen (secondary N) is 1. The molecule has 0 amide bonds. The number of fused-ring (bicyclic) bond motifs is 1. The second-order valence-corrected chi connectivity index (χ2v) is 4.89. The number of halogens is 3. The number of methoxy groups -OCH3 is 1. The van der Waals surface area contributed by atoms with Gasteiger partial charge in [0, 0.05) is 10.9 Å². The average molecular weight is 336 g/mol. The summed E-state index contributed by atoms with van der Waals surface area (Å²) in [5.74, 6) is -0.982. The molecule has 0 aliphatic carbocycles. The van der Waals surface area contributed by atoms with Gasteiger partial charge in [-0.05, 0) is 23.8 Å². The molecule has 0 saturated heterocycles. The number of carbonyl (C=O) groups excluding carboxylic acids is 1. The van der Waals surface area contributed by atoms with Crippen molar-refractivity contribution in [3.05, 3.63) is 48.2 Å². The van der Waals surface area contributed by atoms with Gasteiger partial charge in [-0.25, -0.2) is 4.79 Å². The lowest BCUT2D eigenvalue weighted by Crippen LogP contribution is -2.17. The highest BCUT2D eigenvalue weighted by Crippen LogP contribution is 2.35. The number of hydrogen-bond donors (Lipinski definition) is 1. The van der Waals surface area contributed by atoms with Gasteiger partial charge in [0.05, 0.1) is 24.4 Å². The largest absolute Gasteiger partial charge is 0.573 e. The Labute approximate surface area is 134 Å². The van der Waals surface area contributed by atoms with E-state index in [0.29, 0.717) is 16.5 Å². The summed E-state index contributed by atoms with van der Waals surface area (Å²) in [7, 11) is 1.22. The van der Waals surface area contributed by atoms with Gasteiger partial charge in [0.2, 0.25) is 0 Å². The van der Waals surface area contributed by atoms with E-state index in [1.807, 2.05) is 0 Å². The summed E-state index contributed by atoms with van der Waals surface area (Å²) in [6.45, 7) is 0. The normalized spacial score (nSPS) is 11.5. The molecular weight excluding hydrogens is 325 g/mol. The van der Waals surface area contributed by atoms with Gasteiger partial charge in [-0.15, -0.1) is 13.2 Å². The summed E-state index contributed by atoms with van der Waals surface area (Å²) in [4.78, 5) is 11.9. The minimum atomic E-state index is -4.82. The number of hydrogen-bond acceptors (Lipinski definition) is 4. The van der Waals surface area contributed by atoms with Crippen molar-refractivity contribution >= 4 is 16.9 Å². The first-order valence-electron chi connectivity index (χ1n) is 6.79. The first kappa shape index (κ1) is 15.9. The summed E-state index contributed by atoms with van der Waals surface area (Å²) in [6.07, 6.45) is -3.35. The summed E-state index contributed by atoms with van der Waals surface area (Å²) in [5.41, 5.74) is 1.19. The molecule has 1 aromatic heterocycles. The second-order valence-electron chi connectivity index (χ2n) is 4.89. The third-order valence-corrected chi connectivity index (χ3v) is 3.38. The molecule has 0 unspecified atom stereocenters. The maximum absolute atomic E-state index is 12.6. The molecule has 0 spiro atoms. The maximum atomic E-state index is 12.6. The van der Waals surface area contributed by atoms with Crippen LogP contribution in [0.25, 0.3) is 22.0 Å². The fourth-order valence-corrected chi connectivity index (χ4v) is 2.40. The van der Waals surface area contributed by atoms with Crippen LogP contribution in [0.3, 0.4) is 0 Å². The number of benzene rings is 2. The number of aromatic amines is 1. The van der Waals surface area contributed by atoms with E-state index in [2.05, 4.69) is 14.9 Å². The maximum Gasteiger partial charge on any atom is 0.573 e. The lowest BCUT2D eigenvalue weighted by atomic mass is 9.99. The molecule has 1 N–H and O–H groups in total. The van der Waals surface area contributed by atoms with Crippen molar-refractivity contribution in [1.29, 1.82) is 0 Å². The van der Waals surface area contributed by atoms with Crippen molar-refractivity contribution in [3.63, 3.8) is 0 Å². The van der Waals surface area contributed by atoms with Gasteiger partial charge in [0.25, 0.3) is 0 Å². The van der Waals surface area contributed by atoms with Gasteiger partial charge in [-0.3, -0.25) is 5.10 Å². The average Bonchev–Trinajstić information content (AvgIpc) is 3.00. The van der Waals surface area contributed by atoms with Gasteiger partial charge in [-0.2, -0.15) is 5.10 Å². The highest BCUT2D eigenvalue weighted by Gasteiger charge is 2.32. The molecule has 24 heavy (non-hydrogen) atoms. The van der Waals surface area contributed by atoms with Gasteiger partial charge in [0.15, 0.2) is 0 Å². The van der Waals surface area contributed by atoms with Gasteiger partial charge in [0.1, 0.15) is 5.75 Å². The van der Waals surface area contributed by atoms with Crippen molar-refractivity contribution in [3.8, 4) is 16.9 Å². The number of nitrogens with zero attached hydrogens (tertiary/aromatic N) is 1. The molecule has 0 bridgehead atoms. The molecule has 3 rings (SSSR count). The molecule has 0 fully saturated rings. The number of alkyl halides is 3. The fourth-order valence-electron chi connectivity index (χ4n) is 2.40. The molecule has 0 aliphatic heterocycles. The second kappa shape index (κ2) is 5.88. The monoisotopic (exact) mass is 336 g/mol. The minimum Gasteiger partial charge on any atom is -0.465 e. The van der Waals surface area contributed by atoms with E-state index in [-0.39, 0.29) is 16.9 Å². The van der Waals surface area contributed by atoms with Crippen LogP contribution in [0.2, 0.25) is 0 Å². The number of carbonyl (C=O) groups is 1. The molecule has 1 heterocycles. The summed E-state index contributed by atoms with van der Waals surface area (Å²) in [5, 5.41) is 7.09.